The van der Waals surface area contributed by atoms with E-state index in [0.717, 1.165) is 29.4 Å². The highest BCUT2D eigenvalue weighted by Gasteiger charge is 1.98. The number of ether oxygens (including phenoxy) is 1. The minimum atomic E-state index is 0.875. The zero-order valence-corrected chi connectivity index (χ0v) is 15.5. The molecule has 3 heterocycles. The van der Waals surface area contributed by atoms with E-state index < -0.39 is 0 Å². The van der Waals surface area contributed by atoms with Crippen LogP contribution >= 0.6 is 34.0 Å². The number of thiophene rings is 3. The Kier molecular flexibility index (Phi) is 5.42. The fraction of sp³-hybridized carbons (Fsp3) is 0.100. The normalized spacial score (nSPS) is 9.08. The molecule has 0 bridgehead atoms. The molecule has 4 heteroatoms. The summed E-state index contributed by atoms with van der Waals surface area (Å²) in [7, 11) is 1.67. The second-order valence-corrected chi connectivity index (χ2v) is 7.74. The van der Waals surface area contributed by atoms with Crippen LogP contribution in [-0.2, 0) is 0 Å². The first-order valence-electron chi connectivity index (χ1n) is 7.07. The SMILES string of the molecule is CC#Cc1ccc(C#Cc2ccc(C#Cc3ccc(OC)s3)s2)s1. The van der Waals surface area contributed by atoms with Crippen molar-refractivity contribution in [1.82, 2.24) is 0 Å². The van der Waals surface area contributed by atoms with Crippen LogP contribution in [0, 0.1) is 35.5 Å². The van der Waals surface area contributed by atoms with Gasteiger partial charge in [-0.3, -0.25) is 0 Å². The molecule has 24 heavy (non-hydrogen) atoms. The van der Waals surface area contributed by atoms with E-state index in [-0.39, 0.29) is 0 Å². The summed E-state index contributed by atoms with van der Waals surface area (Å²) in [5.41, 5.74) is 0. The van der Waals surface area contributed by atoms with E-state index in [9.17, 15) is 0 Å². The van der Waals surface area contributed by atoms with Crippen LogP contribution in [0.25, 0.3) is 0 Å². The van der Waals surface area contributed by atoms with Crippen LogP contribution in [0.1, 0.15) is 31.3 Å². The van der Waals surface area contributed by atoms with Crippen LogP contribution in [0.4, 0.5) is 0 Å². The molecule has 0 amide bonds. The van der Waals surface area contributed by atoms with Crippen LogP contribution in [0.2, 0.25) is 0 Å². The molecule has 0 N–H and O–H groups in total. The molecule has 0 aliphatic carbocycles. The molecule has 0 aromatic carbocycles. The molecule has 3 rings (SSSR count). The van der Waals surface area contributed by atoms with E-state index in [4.69, 9.17) is 4.74 Å². The first-order chi connectivity index (χ1) is 11.8. The van der Waals surface area contributed by atoms with Crippen LogP contribution in [0.3, 0.4) is 0 Å². The topological polar surface area (TPSA) is 9.23 Å². The van der Waals surface area contributed by atoms with E-state index in [1.165, 1.54) is 0 Å². The zero-order valence-electron chi connectivity index (χ0n) is 13.1. The maximum atomic E-state index is 5.17. The molecule has 0 spiro atoms. The highest BCUT2D eigenvalue weighted by atomic mass is 32.1. The second-order valence-electron chi connectivity index (χ2n) is 4.53. The second kappa shape index (κ2) is 7.91. The van der Waals surface area contributed by atoms with Crippen molar-refractivity contribution in [3.63, 3.8) is 0 Å². The first-order valence-corrected chi connectivity index (χ1v) is 9.52. The molecule has 116 valence electrons. The fourth-order valence-corrected chi connectivity index (χ4v) is 3.96. The van der Waals surface area contributed by atoms with Gasteiger partial charge < -0.3 is 4.74 Å². The van der Waals surface area contributed by atoms with Gasteiger partial charge in [-0.1, -0.05) is 17.3 Å². The third-order valence-corrected chi connectivity index (χ3v) is 5.65. The van der Waals surface area contributed by atoms with E-state index in [1.807, 2.05) is 43.3 Å². The van der Waals surface area contributed by atoms with Crippen molar-refractivity contribution in [2.24, 2.45) is 0 Å². The Morgan fingerprint density at radius 2 is 1.04 bits per heavy atom. The van der Waals surface area contributed by atoms with Gasteiger partial charge in [0.2, 0.25) is 0 Å². The summed E-state index contributed by atoms with van der Waals surface area (Å²) >= 11 is 4.76. The quantitative estimate of drug-likeness (QED) is 0.549. The monoisotopic (exact) mass is 364 g/mol. The molecule has 3 aromatic rings. The van der Waals surface area contributed by atoms with Gasteiger partial charge >= 0.3 is 0 Å². The van der Waals surface area contributed by atoms with Crippen molar-refractivity contribution in [1.29, 1.82) is 0 Å². The van der Waals surface area contributed by atoms with Gasteiger partial charge in [-0.05, 0) is 67.0 Å². The molecule has 0 aliphatic rings. The Morgan fingerprint density at radius 3 is 1.46 bits per heavy atom. The Balaban J connectivity index is 1.71. The Hall–Kier alpha value is -2.42. The molecule has 0 saturated heterocycles. The lowest BCUT2D eigenvalue weighted by molar-refractivity contribution is 0.427. The van der Waals surface area contributed by atoms with Gasteiger partial charge in [0.05, 0.1) is 31.5 Å². The van der Waals surface area contributed by atoms with Gasteiger partial charge in [-0.15, -0.1) is 28.6 Å². The van der Waals surface area contributed by atoms with Gasteiger partial charge in [-0.2, -0.15) is 0 Å². The fourth-order valence-electron chi connectivity index (χ4n) is 1.81. The third kappa shape index (κ3) is 4.31. The average Bonchev–Trinajstić information content (AvgIpc) is 3.32. The highest BCUT2D eigenvalue weighted by molar-refractivity contribution is 7.14. The summed E-state index contributed by atoms with van der Waals surface area (Å²) in [6.07, 6.45) is 0. The van der Waals surface area contributed by atoms with Crippen molar-refractivity contribution in [2.45, 2.75) is 6.92 Å². The van der Waals surface area contributed by atoms with E-state index >= 15 is 0 Å². The van der Waals surface area contributed by atoms with E-state index in [2.05, 4.69) is 35.5 Å². The summed E-state index contributed by atoms with van der Waals surface area (Å²) in [5, 5.41) is 0.875. The van der Waals surface area contributed by atoms with E-state index in [1.54, 1.807) is 41.1 Å². The molecule has 0 radical (unpaired) electrons. The smallest absolute Gasteiger partial charge is 0.174 e. The van der Waals surface area contributed by atoms with Crippen LogP contribution in [0.15, 0.2) is 36.4 Å². The van der Waals surface area contributed by atoms with Crippen LogP contribution in [0.5, 0.6) is 5.06 Å². The maximum absolute atomic E-state index is 5.17. The van der Waals surface area contributed by atoms with Gasteiger partial charge in [0.15, 0.2) is 5.06 Å². The summed E-state index contributed by atoms with van der Waals surface area (Å²) in [5.74, 6) is 18.7. The Labute approximate surface area is 153 Å². The minimum absolute atomic E-state index is 0.875. The first kappa shape index (κ1) is 16.4. The summed E-state index contributed by atoms with van der Waals surface area (Å²) in [4.78, 5) is 5.09. The van der Waals surface area contributed by atoms with Crippen molar-refractivity contribution in [2.75, 3.05) is 7.11 Å². The molecule has 1 nitrogen and oxygen atoms in total. The number of rotatable bonds is 1. The maximum Gasteiger partial charge on any atom is 0.174 e. The molecular weight excluding hydrogens is 352 g/mol. The van der Waals surface area contributed by atoms with Gasteiger partial charge in [-0.25, -0.2) is 0 Å². The highest BCUT2D eigenvalue weighted by Crippen LogP contribution is 2.23. The zero-order chi connectivity index (χ0) is 16.8. The number of hydrogen-bond donors (Lipinski definition) is 0. The van der Waals surface area contributed by atoms with Gasteiger partial charge in [0.25, 0.3) is 0 Å². The third-order valence-electron chi connectivity index (χ3n) is 2.86. The predicted molar refractivity (Wildman–Crippen MR) is 104 cm³/mol. The molecule has 0 atom stereocenters. The van der Waals surface area contributed by atoms with E-state index in [0.29, 0.717) is 0 Å². The lowest BCUT2D eigenvalue weighted by Crippen LogP contribution is -1.73. The van der Waals surface area contributed by atoms with Crippen molar-refractivity contribution in [3.8, 4) is 40.6 Å². The van der Waals surface area contributed by atoms with Crippen molar-refractivity contribution in [3.05, 3.63) is 60.8 Å². The lowest BCUT2D eigenvalue weighted by atomic mass is 10.4. The molecule has 0 unspecified atom stereocenters. The molecule has 0 aliphatic heterocycles. The number of methoxy groups -OCH3 is 1. The van der Waals surface area contributed by atoms with Gasteiger partial charge in [0, 0.05) is 0 Å². The van der Waals surface area contributed by atoms with Crippen molar-refractivity contribution < 1.29 is 4.74 Å². The summed E-state index contributed by atoms with van der Waals surface area (Å²) in [6.45, 7) is 1.84. The van der Waals surface area contributed by atoms with Crippen molar-refractivity contribution >= 4 is 34.0 Å². The van der Waals surface area contributed by atoms with Gasteiger partial charge in [0.1, 0.15) is 0 Å². The minimum Gasteiger partial charge on any atom is -0.487 e. The molecular formula is C20H12OS3. The standard InChI is InChI=1S/C20H12OS3/c1-3-4-15-5-6-16(22-15)7-8-17-9-10-18(23-17)11-12-19-13-14-20(21-2)24-19/h5-6,9-10,13-14H,1-2H3. The van der Waals surface area contributed by atoms with Crippen LogP contribution in [-0.4, -0.2) is 7.11 Å². The summed E-state index contributed by atoms with van der Waals surface area (Å²) < 4.78 is 5.17. The lowest BCUT2D eigenvalue weighted by Gasteiger charge is -1.87. The number of hydrogen-bond acceptors (Lipinski definition) is 4. The predicted octanol–water partition coefficient (Wildman–Crippen LogP) is 5.05. The summed E-state index contributed by atoms with van der Waals surface area (Å²) in [6, 6.07) is 11.9. The Morgan fingerprint density at radius 1 is 0.625 bits per heavy atom. The average molecular weight is 365 g/mol. The molecule has 0 saturated carbocycles. The van der Waals surface area contributed by atoms with Crippen LogP contribution < -0.4 is 4.74 Å². The Bertz CT molecular complexity index is 1030. The molecule has 0 fully saturated rings. The largest absolute Gasteiger partial charge is 0.487 e. The molecule has 3 aromatic heterocycles.